The van der Waals surface area contributed by atoms with Crippen molar-refractivity contribution in [3.63, 3.8) is 0 Å². The molecule has 3 N–H and O–H groups in total. The fourth-order valence-corrected chi connectivity index (χ4v) is 4.05. The third kappa shape index (κ3) is 6.51. The first-order chi connectivity index (χ1) is 18.5. The van der Waals surface area contributed by atoms with Gasteiger partial charge < -0.3 is 19.8 Å². The van der Waals surface area contributed by atoms with Crippen molar-refractivity contribution in [3.8, 4) is 18.1 Å². The van der Waals surface area contributed by atoms with Crippen LogP contribution in [0.3, 0.4) is 0 Å². The minimum Gasteiger partial charge on any atom is -0.480 e. The molecule has 8 nitrogen and oxygen atoms in total. The van der Waals surface area contributed by atoms with Crippen LogP contribution in [0.1, 0.15) is 25.0 Å². The van der Waals surface area contributed by atoms with Gasteiger partial charge in [-0.1, -0.05) is 68.3 Å². The SMILES string of the molecule is C#CCOc1ccc2ccccc2c1/C=N\NC(=O)[C@H](Cc1c[nH]c2ccccc12)NC(=O)OCC(C)C. The maximum Gasteiger partial charge on any atom is 0.407 e. The molecule has 0 aliphatic carbocycles. The lowest BCUT2D eigenvalue weighted by molar-refractivity contribution is -0.123. The second-order valence-corrected chi connectivity index (χ2v) is 9.18. The van der Waals surface area contributed by atoms with Gasteiger partial charge in [0.25, 0.3) is 5.91 Å². The van der Waals surface area contributed by atoms with Crippen molar-refractivity contribution >= 4 is 39.9 Å². The molecule has 1 atom stereocenters. The van der Waals surface area contributed by atoms with Crippen LogP contribution in [0.5, 0.6) is 5.75 Å². The van der Waals surface area contributed by atoms with E-state index < -0.39 is 18.0 Å². The third-order valence-electron chi connectivity index (χ3n) is 5.87. The molecule has 0 spiro atoms. The number of hydrogen-bond donors (Lipinski definition) is 3. The van der Waals surface area contributed by atoms with Crippen LogP contribution < -0.4 is 15.5 Å². The van der Waals surface area contributed by atoms with E-state index in [1.165, 1.54) is 6.21 Å². The summed E-state index contributed by atoms with van der Waals surface area (Å²) in [6.07, 6.45) is 8.30. The van der Waals surface area contributed by atoms with Crippen molar-refractivity contribution < 1.29 is 19.1 Å². The summed E-state index contributed by atoms with van der Waals surface area (Å²) >= 11 is 0. The molecule has 0 unspecified atom stereocenters. The van der Waals surface area contributed by atoms with Gasteiger partial charge in [-0.3, -0.25) is 4.79 Å². The first-order valence-corrected chi connectivity index (χ1v) is 12.4. The number of terminal acetylenes is 1. The zero-order chi connectivity index (χ0) is 26.9. The zero-order valence-electron chi connectivity index (χ0n) is 21.4. The van der Waals surface area contributed by atoms with Crippen LogP contribution in [-0.2, 0) is 16.0 Å². The molecule has 0 radical (unpaired) electrons. The summed E-state index contributed by atoms with van der Waals surface area (Å²) < 4.78 is 10.9. The summed E-state index contributed by atoms with van der Waals surface area (Å²) in [6, 6.07) is 18.3. The number of amides is 2. The second-order valence-electron chi connectivity index (χ2n) is 9.18. The predicted octanol–water partition coefficient (Wildman–Crippen LogP) is 4.78. The van der Waals surface area contributed by atoms with Crippen molar-refractivity contribution in [3.05, 3.63) is 78.0 Å². The first-order valence-electron chi connectivity index (χ1n) is 12.4. The Kier molecular flexibility index (Phi) is 8.62. The summed E-state index contributed by atoms with van der Waals surface area (Å²) in [5.74, 6) is 2.68. The van der Waals surface area contributed by atoms with E-state index in [4.69, 9.17) is 15.9 Å². The average molecular weight is 511 g/mol. The van der Waals surface area contributed by atoms with Crippen molar-refractivity contribution in [1.82, 2.24) is 15.7 Å². The monoisotopic (exact) mass is 510 g/mol. The molecule has 4 aromatic rings. The van der Waals surface area contributed by atoms with Gasteiger partial charge >= 0.3 is 6.09 Å². The van der Waals surface area contributed by atoms with Crippen molar-refractivity contribution in [2.24, 2.45) is 11.0 Å². The fraction of sp³-hybridized carbons (Fsp3) is 0.233. The van der Waals surface area contributed by atoms with Gasteiger partial charge in [-0.05, 0) is 34.4 Å². The number of nitrogens with one attached hydrogen (secondary N) is 3. The largest absolute Gasteiger partial charge is 0.480 e. The minimum atomic E-state index is -0.921. The van der Waals surface area contributed by atoms with E-state index in [0.29, 0.717) is 11.3 Å². The lowest BCUT2D eigenvalue weighted by Crippen LogP contribution is -2.47. The first kappa shape index (κ1) is 26.3. The third-order valence-corrected chi connectivity index (χ3v) is 5.87. The van der Waals surface area contributed by atoms with Crippen LogP contribution in [0, 0.1) is 18.3 Å². The summed E-state index contributed by atoms with van der Waals surface area (Å²) in [4.78, 5) is 28.9. The van der Waals surface area contributed by atoms with Crippen molar-refractivity contribution in [2.45, 2.75) is 26.3 Å². The second kappa shape index (κ2) is 12.5. The molecule has 0 fully saturated rings. The molecule has 4 rings (SSSR count). The number of nitrogens with zero attached hydrogens (tertiary/aromatic N) is 1. The number of rotatable bonds is 10. The molecule has 0 bridgehead atoms. The number of benzene rings is 3. The van der Waals surface area contributed by atoms with E-state index in [1.54, 1.807) is 0 Å². The number of H-pyrrole nitrogens is 1. The Morgan fingerprint density at radius 3 is 2.63 bits per heavy atom. The maximum absolute atomic E-state index is 13.2. The number of aromatic nitrogens is 1. The number of carbonyl (C=O) groups excluding carboxylic acids is 2. The summed E-state index contributed by atoms with van der Waals surface area (Å²) in [7, 11) is 0. The molecule has 2 amide bonds. The number of hydrazone groups is 1. The molecule has 38 heavy (non-hydrogen) atoms. The van der Waals surface area contributed by atoms with Gasteiger partial charge in [0.2, 0.25) is 0 Å². The molecule has 0 saturated heterocycles. The summed E-state index contributed by atoms with van der Waals surface area (Å²) in [6.45, 7) is 4.22. The number of carbonyl (C=O) groups is 2. The van der Waals surface area contributed by atoms with E-state index in [9.17, 15) is 9.59 Å². The van der Waals surface area contributed by atoms with Gasteiger partial charge in [-0.25, -0.2) is 10.2 Å². The number of aromatic amines is 1. The zero-order valence-corrected chi connectivity index (χ0v) is 21.4. The summed E-state index contributed by atoms with van der Waals surface area (Å²) in [5.41, 5.74) is 5.07. The van der Waals surface area contributed by atoms with Crippen molar-refractivity contribution in [2.75, 3.05) is 13.2 Å². The Bertz CT molecular complexity index is 1500. The van der Waals surface area contributed by atoms with Gasteiger partial charge in [-0.2, -0.15) is 5.10 Å². The number of hydrogen-bond acceptors (Lipinski definition) is 5. The Balaban J connectivity index is 1.55. The van der Waals surface area contributed by atoms with Crippen LogP contribution in [0.2, 0.25) is 0 Å². The van der Waals surface area contributed by atoms with Gasteiger partial charge in [0, 0.05) is 29.1 Å². The topological polar surface area (TPSA) is 105 Å². The van der Waals surface area contributed by atoms with Crippen LogP contribution in [0.4, 0.5) is 4.79 Å². The summed E-state index contributed by atoms with van der Waals surface area (Å²) in [5, 5.41) is 9.73. The van der Waals surface area contributed by atoms with E-state index >= 15 is 0 Å². The van der Waals surface area contributed by atoms with Gasteiger partial charge in [-0.15, -0.1) is 6.42 Å². The lowest BCUT2D eigenvalue weighted by atomic mass is 10.0. The van der Waals surface area contributed by atoms with Crippen LogP contribution >= 0.6 is 0 Å². The van der Waals surface area contributed by atoms with E-state index in [0.717, 1.165) is 27.2 Å². The Morgan fingerprint density at radius 1 is 1.08 bits per heavy atom. The Hall–Kier alpha value is -4.77. The highest BCUT2D eigenvalue weighted by Crippen LogP contribution is 2.26. The molecular weight excluding hydrogens is 480 g/mol. The molecular formula is C30H30N4O4. The number of fused-ring (bicyclic) bond motifs is 2. The molecule has 0 aliphatic heterocycles. The molecule has 0 saturated carbocycles. The van der Waals surface area contributed by atoms with Gasteiger partial charge in [0.15, 0.2) is 0 Å². The normalized spacial score (nSPS) is 11.9. The van der Waals surface area contributed by atoms with E-state index in [2.05, 4.69) is 26.7 Å². The highest BCUT2D eigenvalue weighted by Gasteiger charge is 2.23. The maximum atomic E-state index is 13.2. The Morgan fingerprint density at radius 2 is 1.84 bits per heavy atom. The highest BCUT2D eigenvalue weighted by molar-refractivity contribution is 6.02. The number of ether oxygens (including phenoxy) is 2. The molecule has 3 aromatic carbocycles. The molecule has 1 heterocycles. The van der Waals surface area contributed by atoms with E-state index in [1.807, 2.05) is 80.7 Å². The molecule has 8 heteroatoms. The minimum absolute atomic E-state index is 0.0979. The molecule has 0 aliphatic rings. The van der Waals surface area contributed by atoms with Gasteiger partial charge in [0.05, 0.1) is 12.8 Å². The van der Waals surface area contributed by atoms with Gasteiger partial charge in [0.1, 0.15) is 18.4 Å². The number of para-hydroxylation sites is 1. The smallest absolute Gasteiger partial charge is 0.407 e. The molecule has 1 aromatic heterocycles. The Labute approximate surface area is 221 Å². The lowest BCUT2D eigenvalue weighted by Gasteiger charge is -2.17. The molecule has 194 valence electrons. The van der Waals surface area contributed by atoms with Crippen molar-refractivity contribution in [1.29, 1.82) is 0 Å². The number of alkyl carbamates (subject to hydrolysis) is 1. The van der Waals surface area contributed by atoms with Crippen LogP contribution in [-0.4, -0.2) is 42.5 Å². The quantitative estimate of drug-likeness (QED) is 0.162. The van der Waals surface area contributed by atoms with E-state index in [-0.39, 0.29) is 25.6 Å². The van der Waals surface area contributed by atoms with Crippen LogP contribution in [0.15, 0.2) is 72.0 Å². The average Bonchev–Trinajstić information content (AvgIpc) is 3.33. The van der Waals surface area contributed by atoms with Crippen LogP contribution in [0.25, 0.3) is 21.7 Å². The highest BCUT2D eigenvalue weighted by atomic mass is 16.5. The fourth-order valence-electron chi connectivity index (χ4n) is 4.05. The predicted molar refractivity (Wildman–Crippen MR) is 149 cm³/mol. The standard InChI is InChI=1S/C30H30N4O4/c1-4-15-37-28-14-13-21-9-5-6-10-23(21)25(28)18-32-34-29(35)27(33-30(36)38-19-20(2)3)16-22-17-31-26-12-8-7-11-24(22)26/h1,5-14,17-18,20,27,31H,15-16,19H2,2-3H3,(H,33,36)(H,34,35)/b32-18-/t27-/m0/s1.